The molecule has 4 aromatic rings. The normalized spacial score (nSPS) is 12.2. The van der Waals surface area contributed by atoms with E-state index >= 15 is 0 Å². The third-order valence-corrected chi connectivity index (χ3v) is 5.36. The van der Waals surface area contributed by atoms with Gasteiger partial charge in [-0.3, -0.25) is 4.79 Å². The molecular formula is C20H18N4OS. The highest BCUT2D eigenvalue weighted by molar-refractivity contribution is 7.19. The number of aromatic nitrogens is 2. The van der Waals surface area contributed by atoms with Gasteiger partial charge in [0.25, 0.3) is 0 Å². The Morgan fingerprint density at radius 3 is 2.81 bits per heavy atom. The smallest absolute Gasteiger partial charge is 0.233 e. The molecule has 3 aromatic heterocycles. The Kier molecular flexibility index (Phi) is 4.51. The van der Waals surface area contributed by atoms with E-state index in [1.807, 2.05) is 60.8 Å². The number of H-pyrrole nitrogens is 1. The van der Waals surface area contributed by atoms with E-state index in [2.05, 4.69) is 15.3 Å². The Bertz CT molecular complexity index is 1040. The fourth-order valence-electron chi connectivity index (χ4n) is 3.00. The highest BCUT2D eigenvalue weighted by atomic mass is 32.1. The van der Waals surface area contributed by atoms with E-state index in [-0.39, 0.29) is 18.4 Å². The molecular weight excluding hydrogens is 344 g/mol. The van der Waals surface area contributed by atoms with Crippen LogP contribution in [-0.2, 0) is 4.79 Å². The number of thiophene rings is 1. The first-order chi connectivity index (χ1) is 12.8. The third-order valence-electron chi connectivity index (χ3n) is 4.32. The second-order valence-corrected chi connectivity index (χ2v) is 7.04. The summed E-state index contributed by atoms with van der Waals surface area (Å²) in [5.41, 5.74) is 8.69. The Morgan fingerprint density at radius 2 is 2.00 bits per heavy atom. The lowest BCUT2D eigenvalue weighted by molar-refractivity contribution is -0.117. The molecule has 0 aliphatic rings. The molecule has 4 rings (SSSR count). The molecule has 5 nitrogen and oxygen atoms in total. The summed E-state index contributed by atoms with van der Waals surface area (Å²) in [6, 6.07) is 17.5. The van der Waals surface area contributed by atoms with Gasteiger partial charge in [0, 0.05) is 34.8 Å². The lowest BCUT2D eigenvalue weighted by atomic mass is 9.98. The number of hydrogen-bond acceptors (Lipinski definition) is 4. The molecule has 1 unspecified atom stereocenters. The number of fused-ring (bicyclic) bond motifs is 1. The number of rotatable bonds is 5. The molecule has 0 saturated heterocycles. The van der Waals surface area contributed by atoms with Crippen LogP contribution in [-0.4, -0.2) is 22.4 Å². The van der Waals surface area contributed by atoms with Crippen molar-refractivity contribution in [3.8, 4) is 10.4 Å². The van der Waals surface area contributed by atoms with Crippen molar-refractivity contribution in [3.05, 3.63) is 72.6 Å². The van der Waals surface area contributed by atoms with Crippen LogP contribution in [0.15, 0.2) is 67.0 Å². The number of nitrogens with one attached hydrogen (secondary N) is 2. The maximum Gasteiger partial charge on any atom is 0.233 e. The van der Waals surface area contributed by atoms with E-state index in [1.54, 1.807) is 6.20 Å². The van der Waals surface area contributed by atoms with Gasteiger partial charge in [0.05, 0.1) is 10.9 Å². The molecule has 0 fully saturated rings. The number of amides is 1. The summed E-state index contributed by atoms with van der Waals surface area (Å²) in [5, 5.41) is 4.86. The zero-order valence-electron chi connectivity index (χ0n) is 14.0. The zero-order chi connectivity index (χ0) is 17.9. The lowest BCUT2D eigenvalue weighted by Gasteiger charge is -2.14. The first-order valence-electron chi connectivity index (χ1n) is 8.34. The monoisotopic (exact) mass is 362 g/mol. The molecule has 6 heteroatoms. The molecule has 26 heavy (non-hydrogen) atoms. The molecule has 1 aromatic carbocycles. The lowest BCUT2D eigenvalue weighted by Crippen LogP contribution is -2.27. The van der Waals surface area contributed by atoms with Crippen LogP contribution in [0.5, 0.6) is 0 Å². The first kappa shape index (κ1) is 16.5. The first-order valence-corrected chi connectivity index (χ1v) is 9.16. The number of benzene rings is 1. The highest BCUT2D eigenvalue weighted by Crippen LogP contribution is 2.35. The van der Waals surface area contributed by atoms with E-state index in [0.29, 0.717) is 0 Å². The van der Waals surface area contributed by atoms with Crippen LogP contribution in [0.2, 0.25) is 0 Å². The number of hydrogen-bond donors (Lipinski definition) is 3. The van der Waals surface area contributed by atoms with Gasteiger partial charge in [-0.1, -0.05) is 30.3 Å². The van der Waals surface area contributed by atoms with Gasteiger partial charge in [-0.15, -0.1) is 11.3 Å². The van der Waals surface area contributed by atoms with Crippen molar-refractivity contribution in [1.82, 2.24) is 9.97 Å². The molecule has 4 N–H and O–H groups in total. The minimum absolute atomic E-state index is 0.0901. The van der Waals surface area contributed by atoms with E-state index in [4.69, 9.17) is 5.73 Å². The molecule has 0 spiro atoms. The summed E-state index contributed by atoms with van der Waals surface area (Å²) < 4.78 is 0. The molecule has 3 heterocycles. The predicted molar refractivity (Wildman–Crippen MR) is 106 cm³/mol. The molecule has 1 atom stereocenters. The fraction of sp³-hybridized carbons (Fsp3) is 0.100. The Morgan fingerprint density at radius 1 is 1.15 bits per heavy atom. The van der Waals surface area contributed by atoms with E-state index in [1.165, 1.54) is 11.3 Å². The maximum atomic E-state index is 12.7. The van der Waals surface area contributed by atoms with Crippen LogP contribution in [0.3, 0.4) is 0 Å². The van der Waals surface area contributed by atoms with E-state index < -0.39 is 0 Å². The number of carbonyl (C=O) groups is 1. The summed E-state index contributed by atoms with van der Waals surface area (Å²) in [6.45, 7) is 0.266. The quantitative estimate of drug-likeness (QED) is 0.502. The number of aromatic amines is 1. The van der Waals surface area contributed by atoms with Crippen LogP contribution in [0, 0.1) is 0 Å². The van der Waals surface area contributed by atoms with E-state index in [9.17, 15) is 4.79 Å². The Balaban J connectivity index is 1.56. The molecule has 0 bridgehead atoms. The number of nitrogens with two attached hydrogens (primary N) is 1. The van der Waals surface area contributed by atoms with Gasteiger partial charge in [0.15, 0.2) is 0 Å². The summed E-state index contributed by atoms with van der Waals surface area (Å²) in [6.07, 6.45) is 3.71. The van der Waals surface area contributed by atoms with Gasteiger partial charge in [-0.2, -0.15) is 0 Å². The van der Waals surface area contributed by atoms with Crippen molar-refractivity contribution in [2.75, 3.05) is 11.9 Å². The molecule has 130 valence electrons. The predicted octanol–water partition coefficient (Wildman–Crippen LogP) is 3.97. The zero-order valence-corrected chi connectivity index (χ0v) is 14.8. The highest BCUT2D eigenvalue weighted by Gasteiger charge is 2.19. The van der Waals surface area contributed by atoms with Crippen LogP contribution < -0.4 is 11.1 Å². The van der Waals surface area contributed by atoms with Crippen molar-refractivity contribution >= 4 is 33.3 Å². The molecule has 1 amide bonds. The molecule has 0 radical (unpaired) electrons. The largest absolute Gasteiger partial charge is 0.345 e. The second-order valence-electron chi connectivity index (χ2n) is 5.95. The summed E-state index contributed by atoms with van der Waals surface area (Å²) in [5.74, 6) is -0.452. The summed E-state index contributed by atoms with van der Waals surface area (Å²) in [4.78, 5) is 21.2. The summed E-state index contributed by atoms with van der Waals surface area (Å²) >= 11 is 1.54. The standard InChI is InChI=1S/C20H18N4OS/c21-11-15(13-5-2-1-3-6-13)20(25)24-18-9-8-17(26-18)16-12-23-19-14(16)7-4-10-22-19/h1-10,12,15H,11,21H2,(H,22,23)(H,24,25). The van der Waals surface area contributed by atoms with Gasteiger partial charge in [-0.25, -0.2) is 4.98 Å². The minimum Gasteiger partial charge on any atom is -0.345 e. The summed E-state index contributed by atoms with van der Waals surface area (Å²) in [7, 11) is 0. The van der Waals surface area contributed by atoms with Gasteiger partial charge in [-0.05, 0) is 29.8 Å². The average molecular weight is 362 g/mol. The van der Waals surface area contributed by atoms with Crippen molar-refractivity contribution in [2.45, 2.75) is 5.92 Å². The van der Waals surface area contributed by atoms with Gasteiger partial charge >= 0.3 is 0 Å². The number of anilines is 1. The van der Waals surface area contributed by atoms with Crippen LogP contribution in [0.1, 0.15) is 11.5 Å². The van der Waals surface area contributed by atoms with Crippen molar-refractivity contribution in [3.63, 3.8) is 0 Å². The SMILES string of the molecule is NCC(C(=O)Nc1ccc(-c2c[nH]c3ncccc23)s1)c1ccccc1. The van der Waals surface area contributed by atoms with E-state index in [0.717, 1.165) is 32.0 Å². The van der Waals surface area contributed by atoms with Gasteiger partial charge in [0.2, 0.25) is 5.91 Å². The topological polar surface area (TPSA) is 83.8 Å². The van der Waals surface area contributed by atoms with Crippen molar-refractivity contribution in [1.29, 1.82) is 0 Å². The van der Waals surface area contributed by atoms with Crippen LogP contribution >= 0.6 is 11.3 Å². The van der Waals surface area contributed by atoms with Crippen molar-refractivity contribution < 1.29 is 4.79 Å². The molecule has 0 aliphatic carbocycles. The van der Waals surface area contributed by atoms with Crippen molar-refractivity contribution in [2.24, 2.45) is 5.73 Å². The maximum absolute atomic E-state index is 12.7. The van der Waals surface area contributed by atoms with Gasteiger partial charge < -0.3 is 16.0 Å². The number of nitrogens with zero attached hydrogens (tertiary/aromatic N) is 1. The second kappa shape index (κ2) is 7.11. The fourth-order valence-corrected chi connectivity index (χ4v) is 3.94. The Labute approximate surface area is 154 Å². The third kappa shape index (κ3) is 3.12. The van der Waals surface area contributed by atoms with Crippen LogP contribution in [0.4, 0.5) is 5.00 Å². The average Bonchev–Trinajstić information content (AvgIpc) is 3.30. The minimum atomic E-state index is -0.362. The van der Waals surface area contributed by atoms with Gasteiger partial charge in [0.1, 0.15) is 5.65 Å². The molecule has 0 aliphatic heterocycles. The molecule has 0 saturated carbocycles. The number of carbonyl (C=O) groups excluding carboxylic acids is 1. The van der Waals surface area contributed by atoms with Crippen LogP contribution in [0.25, 0.3) is 21.5 Å². The Hall–Kier alpha value is -2.96. The number of pyridine rings is 1.